The molecule has 0 fully saturated rings. The Morgan fingerprint density at radius 3 is 2.09 bits per heavy atom. The fourth-order valence-corrected chi connectivity index (χ4v) is 4.27. The number of rotatable bonds is 4. The Balaban J connectivity index is 1.61. The van der Waals surface area contributed by atoms with E-state index in [1.165, 1.54) is 0 Å². The Hall–Kier alpha value is -4.08. The van der Waals surface area contributed by atoms with Gasteiger partial charge in [-0.05, 0) is 22.8 Å². The molecule has 5 rings (SSSR count). The van der Waals surface area contributed by atoms with Crippen molar-refractivity contribution in [3.8, 4) is 0 Å². The molecule has 2 heterocycles. The minimum Gasteiger partial charge on any atom is -0.353 e. The van der Waals surface area contributed by atoms with E-state index >= 15 is 0 Å². The summed E-state index contributed by atoms with van der Waals surface area (Å²) in [6.07, 6.45) is 5.43. The molecule has 0 saturated heterocycles. The van der Waals surface area contributed by atoms with Crippen molar-refractivity contribution in [3.05, 3.63) is 58.7 Å². The van der Waals surface area contributed by atoms with Crippen LogP contribution in [0.25, 0.3) is 0 Å². The lowest BCUT2D eigenvalue weighted by molar-refractivity contribution is -0.109. The van der Waals surface area contributed by atoms with Gasteiger partial charge < -0.3 is 20.2 Å². The minimum atomic E-state index is -0.575. The lowest BCUT2D eigenvalue weighted by Gasteiger charge is -2.33. The summed E-state index contributed by atoms with van der Waals surface area (Å²) in [4.78, 5) is 33.0. The van der Waals surface area contributed by atoms with E-state index in [0.717, 1.165) is 42.4 Å². The summed E-state index contributed by atoms with van der Waals surface area (Å²) < 4.78 is 0. The highest BCUT2D eigenvalue weighted by molar-refractivity contribution is 6.53. The number of allylic oxidation sites excluding steroid dienone is 4. The first-order valence-corrected chi connectivity index (χ1v) is 10.5. The van der Waals surface area contributed by atoms with Crippen LogP contribution in [0.2, 0.25) is 0 Å². The van der Waals surface area contributed by atoms with E-state index < -0.39 is 11.8 Å². The number of hydrogen-bond acceptors (Lipinski definition) is 10. The van der Waals surface area contributed by atoms with Gasteiger partial charge in [-0.2, -0.15) is 10.2 Å². The first kappa shape index (κ1) is 19.9. The number of hydrogen-bond donors (Lipinski definition) is 4. The number of carbonyl (C=O) groups excluding carboxylic acids is 2. The predicted molar refractivity (Wildman–Crippen MR) is 122 cm³/mol. The molecule has 32 heavy (non-hydrogen) atoms. The molecule has 0 bridgehead atoms. The average molecular weight is 430 g/mol. The molecule has 0 saturated carbocycles. The minimum absolute atomic E-state index is 0.475. The quantitative estimate of drug-likeness (QED) is 0.301. The lowest BCUT2D eigenvalue weighted by Crippen LogP contribution is -2.37. The maximum Gasteiger partial charge on any atom is 0.212 e. The largest absolute Gasteiger partial charge is 0.353 e. The van der Waals surface area contributed by atoms with Gasteiger partial charge in [-0.15, -0.1) is 0 Å². The van der Waals surface area contributed by atoms with Gasteiger partial charge in [0.05, 0.1) is 24.9 Å². The third-order valence-electron chi connectivity index (χ3n) is 5.72. The summed E-state index contributed by atoms with van der Waals surface area (Å²) in [6.45, 7) is 2.81. The van der Waals surface area contributed by atoms with Crippen molar-refractivity contribution in [1.82, 2.24) is 21.5 Å². The van der Waals surface area contributed by atoms with Crippen molar-refractivity contribution < 1.29 is 9.59 Å². The number of nitrogens with one attached hydrogen (secondary N) is 4. The van der Waals surface area contributed by atoms with Crippen LogP contribution in [-0.4, -0.2) is 62.1 Å². The molecule has 162 valence electrons. The summed E-state index contributed by atoms with van der Waals surface area (Å²) in [5.74, 6) is 0.0605. The molecule has 10 nitrogen and oxygen atoms in total. The molecule has 4 aliphatic rings. The van der Waals surface area contributed by atoms with Crippen LogP contribution in [0.5, 0.6) is 0 Å². The Morgan fingerprint density at radius 2 is 1.50 bits per heavy atom. The molecule has 2 aliphatic heterocycles. The van der Waals surface area contributed by atoms with E-state index in [1.807, 2.05) is 30.3 Å². The van der Waals surface area contributed by atoms with Crippen LogP contribution in [0.3, 0.4) is 0 Å². The highest BCUT2D eigenvalue weighted by Crippen LogP contribution is 2.43. The zero-order valence-corrected chi connectivity index (χ0v) is 17.2. The fourth-order valence-electron chi connectivity index (χ4n) is 4.27. The number of aldehydes is 2. The number of carbonyl (C=O) groups is 2. The molecule has 2 aliphatic carbocycles. The number of nitrogens with zero attached hydrogens (tertiary/aromatic N) is 4. The molecule has 10 heteroatoms. The first-order chi connectivity index (χ1) is 15.8. The fraction of sp³-hybridized carbons (Fsp3) is 0.273. The summed E-state index contributed by atoms with van der Waals surface area (Å²) in [6, 6.07) is 7.52. The third kappa shape index (κ3) is 3.49. The van der Waals surface area contributed by atoms with Crippen molar-refractivity contribution >= 4 is 35.9 Å². The molecule has 4 N–H and O–H groups in total. The van der Waals surface area contributed by atoms with Crippen LogP contribution >= 0.6 is 0 Å². The van der Waals surface area contributed by atoms with Crippen LogP contribution in [0.1, 0.15) is 23.0 Å². The first-order valence-electron chi connectivity index (χ1n) is 10.5. The summed E-state index contributed by atoms with van der Waals surface area (Å²) in [5, 5.41) is 15.3. The van der Waals surface area contributed by atoms with Gasteiger partial charge in [-0.1, -0.05) is 30.3 Å². The lowest BCUT2D eigenvalue weighted by atomic mass is 9.69. The maximum atomic E-state index is 12.3. The molecule has 2 atom stereocenters. The summed E-state index contributed by atoms with van der Waals surface area (Å²) in [7, 11) is 0. The van der Waals surface area contributed by atoms with Gasteiger partial charge in [0.2, 0.25) is 11.9 Å². The van der Waals surface area contributed by atoms with Gasteiger partial charge in [0.15, 0.2) is 0 Å². The molecule has 2 unspecified atom stereocenters. The summed E-state index contributed by atoms with van der Waals surface area (Å²) in [5.41, 5.74) is 9.89. The van der Waals surface area contributed by atoms with Crippen molar-refractivity contribution in [2.75, 3.05) is 26.2 Å². The van der Waals surface area contributed by atoms with Crippen molar-refractivity contribution in [2.45, 2.75) is 11.8 Å². The molecule has 0 spiro atoms. The van der Waals surface area contributed by atoms with Gasteiger partial charge in [-0.3, -0.25) is 0 Å². The number of aliphatic imine (C=N–C) groups is 2. The van der Waals surface area contributed by atoms with Crippen LogP contribution in [-0.2, 0) is 9.59 Å². The van der Waals surface area contributed by atoms with Gasteiger partial charge in [0, 0.05) is 18.7 Å². The number of hydrazone groups is 2. The van der Waals surface area contributed by atoms with Gasteiger partial charge in [0.25, 0.3) is 0 Å². The van der Waals surface area contributed by atoms with E-state index in [1.54, 1.807) is 6.08 Å². The van der Waals surface area contributed by atoms with Crippen LogP contribution in [0, 0.1) is 0 Å². The second kappa shape index (κ2) is 8.58. The van der Waals surface area contributed by atoms with Crippen LogP contribution < -0.4 is 21.5 Å². The highest BCUT2D eigenvalue weighted by Gasteiger charge is 2.38. The maximum absolute atomic E-state index is 12.3. The SMILES string of the molecule is O=CC1C2=C(C(=NNC3=NCCN3)C(=NNC3=NCCN3)C=C2)C(C=O)c2ccccc21. The third-order valence-corrected chi connectivity index (χ3v) is 5.72. The van der Waals surface area contributed by atoms with Crippen LogP contribution in [0.4, 0.5) is 0 Å². The topological polar surface area (TPSA) is 132 Å². The molecule has 1 aromatic rings. The average Bonchev–Trinajstić information content (AvgIpc) is 3.54. The Kier molecular flexibility index (Phi) is 5.32. The number of guanidine groups is 2. The van der Waals surface area contributed by atoms with E-state index in [0.29, 0.717) is 42.0 Å². The van der Waals surface area contributed by atoms with Gasteiger partial charge in [-0.25, -0.2) is 20.8 Å². The molecule has 0 aromatic heterocycles. The Morgan fingerprint density at radius 1 is 0.875 bits per heavy atom. The Labute approximate surface area is 184 Å². The molecule has 0 radical (unpaired) electrons. The number of fused-ring (bicyclic) bond motifs is 1. The van der Waals surface area contributed by atoms with E-state index in [4.69, 9.17) is 0 Å². The summed E-state index contributed by atoms with van der Waals surface area (Å²) >= 11 is 0. The second-order valence-electron chi connectivity index (χ2n) is 7.55. The zero-order valence-electron chi connectivity index (χ0n) is 17.2. The van der Waals surface area contributed by atoms with Crippen LogP contribution in [0.15, 0.2) is 67.8 Å². The number of benzene rings is 1. The molecule has 1 aromatic carbocycles. The van der Waals surface area contributed by atoms with E-state index in [2.05, 4.69) is 41.7 Å². The van der Waals surface area contributed by atoms with E-state index in [-0.39, 0.29) is 0 Å². The van der Waals surface area contributed by atoms with Crippen molar-refractivity contribution in [1.29, 1.82) is 0 Å². The van der Waals surface area contributed by atoms with Gasteiger partial charge >= 0.3 is 0 Å². The van der Waals surface area contributed by atoms with Gasteiger partial charge in [0.1, 0.15) is 24.0 Å². The molecular formula is C22H22N8O2. The Bertz CT molecular complexity index is 1140. The predicted octanol–water partition coefficient (Wildman–Crippen LogP) is -0.0588. The zero-order chi connectivity index (χ0) is 21.9. The van der Waals surface area contributed by atoms with Crippen molar-refractivity contribution in [3.63, 3.8) is 0 Å². The monoisotopic (exact) mass is 430 g/mol. The standard InChI is InChI=1S/C22H22N8O2/c31-11-16-13-3-1-2-4-14(13)17(12-32)19-15(16)5-6-18(27-29-21-23-7-8-24-21)20(19)28-30-22-25-9-10-26-22/h1-6,11-12,16-17H,7-10H2,(H2,23,24,29)(H2,25,26,30). The molecule has 0 amide bonds. The van der Waals surface area contributed by atoms with Crippen molar-refractivity contribution in [2.24, 2.45) is 20.2 Å². The molecular weight excluding hydrogens is 408 g/mol. The normalized spacial score (nSPS) is 26.0. The smallest absolute Gasteiger partial charge is 0.212 e. The second-order valence-corrected chi connectivity index (χ2v) is 7.55. The highest BCUT2D eigenvalue weighted by atomic mass is 16.1. The van der Waals surface area contributed by atoms with E-state index in [9.17, 15) is 9.59 Å².